The van der Waals surface area contributed by atoms with E-state index in [1.165, 1.54) is 0 Å². The molecule has 1 rings (SSSR count). The SMILES string of the molecule is CN(C)CC(C)(C)CNS(=O)(=O)c1cc(C(F)(F)F)cc(C(F)(F)F)c1. The summed E-state index contributed by atoms with van der Waals surface area (Å²) in [5.74, 6) is 0. The molecule has 0 heterocycles. The van der Waals surface area contributed by atoms with Crippen molar-refractivity contribution < 1.29 is 34.8 Å². The van der Waals surface area contributed by atoms with E-state index in [1.54, 1.807) is 32.8 Å². The lowest BCUT2D eigenvalue weighted by molar-refractivity contribution is -0.143. The van der Waals surface area contributed by atoms with Crippen molar-refractivity contribution in [2.24, 2.45) is 5.41 Å². The summed E-state index contributed by atoms with van der Waals surface area (Å²) in [6, 6.07) is 0.266. The zero-order valence-corrected chi connectivity index (χ0v) is 15.4. The van der Waals surface area contributed by atoms with Crippen LogP contribution in [0.15, 0.2) is 23.1 Å². The number of hydrogen-bond acceptors (Lipinski definition) is 3. The Morgan fingerprint density at radius 1 is 0.923 bits per heavy atom. The highest BCUT2D eigenvalue weighted by Crippen LogP contribution is 2.37. The van der Waals surface area contributed by atoms with Gasteiger partial charge in [0.1, 0.15) is 0 Å². The van der Waals surface area contributed by atoms with E-state index < -0.39 is 43.8 Å². The summed E-state index contributed by atoms with van der Waals surface area (Å²) >= 11 is 0. The minimum absolute atomic E-state index is 0.116. The molecule has 0 aliphatic carbocycles. The molecule has 0 unspecified atom stereocenters. The summed E-state index contributed by atoms with van der Waals surface area (Å²) in [4.78, 5) is 0.695. The Morgan fingerprint density at radius 2 is 1.35 bits per heavy atom. The van der Waals surface area contributed by atoms with Crippen molar-refractivity contribution in [1.29, 1.82) is 0 Å². The van der Waals surface area contributed by atoms with Crippen LogP contribution in [-0.4, -0.2) is 40.5 Å². The fourth-order valence-corrected chi connectivity index (χ4v) is 3.68. The second-order valence-electron chi connectivity index (χ2n) is 6.97. The van der Waals surface area contributed by atoms with E-state index in [1.807, 2.05) is 0 Å². The van der Waals surface area contributed by atoms with Gasteiger partial charge in [-0.25, -0.2) is 13.1 Å². The fourth-order valence-electron chi connectivity index (χ4n) is 2.37. The monoisotopic (exact) mass is 406 g/mol. The molecule has 0 aliphatic rings. The minimum Gasteiger partial charge on any atom is -0.309 e. The Hall–Kier alpha value is -1.33. The van der Waals surface area contributed by atoms with Gasteiger partial charge in [0, 0.05) is 13.1 Å². The summed E-state index contributed by atoms with van der Waals surface area (Å²) in [5, 5.41) is 0. The van der Waals surface area contributed by atoms with Crippen LogP contribution in [0.3, 0.4) is 0 Å². The predicted molar refractivity (Wildman–Crippen MR) is 84.0 cm³/mol. The van der Waals surface area contributed by atoms with Gasteiger partial charge in [-0.15, -0.1) is 0 Å². The number of sulfonamides is 1. The van der Waals surface area contributed by atoms with Gasteiger partial charge in [-0.1, -0.05) is 13.8 Å². The molecular formula is C15H20F6N2O2S. The Kier molecular flexibility index (Phi) is 6.42. The number of alkyl halides is 6. The van der Waals surface area contributed by atoms with E-state index in [9.17, 15) is 34.8 Å². The lowest BCUT2D eigenvalue weighted by Crippen LogP contribution is -2.40. The molecule has 11 heteroatoms. The molecule has 0 bridgehead atoms. The molecule has 0 saturated heterocycles. The fraction of sp³-hybridized carbons (Fsp3) is 0.600. The molecule has 4 nitrogen and oxygen atoms in total. The molecule has 1 aromatic rings. The van der Waals surface area contributed by atoms with Crippen molar-refractivity contribution >= 4 is 10.0 Å². The van der Waals surface area contributed by atoms with Crippen LogP contribution in [0.1, 0.15) is 25.0 Å². The summed E-state index contributed by atoms with van der Waals surface area (Å²) in [6.45, 7) is 3.71. The highest BCUT2D eigenvalue weighted by Gasteiger charge is 2.38. The maximum absolute atomic E-state index is 12.9. The van der Waals surface area contributed by atoms with Crippen LogP contribution in [0.5, 0.6) is 0 Å². The Labute approximate surface area is 148 Å². The first-order chi connectivity index (χ1) is 11.4. The van der Waals surface area contributed by atoms with E-state index in [0.29, 0.717) is 6.54 Å². The zero-order valence-electron chi connectivity index (χ0n) is 14.6. The first-order valence-corrected chi connectivity index (χ1v) is 8.86. The second-order valence-corrected chi connectivity index (χ2v) is 8.74. The van der Waals surface area contributed by atoms with E-state index in [4.69, 9.17) is 0 Å². The summed E-state index contributed by atoms with van der Waals surface area (Å²) < 4.78 is 104. The molecule has 0 spiro atoms. The van der Waals surface area contributed by atoms with Gasteiger partial charge in [0.2, 0.25) is 10.0 Å². The Balaban J connectivity index is 3.27. The molecule has 1 N–H and O–H groups in total. The van der Waals surface area contributed by atoms with Crippen LogP contribution in [0, 0.1) is 5.41 Å². The van der Waals surface area contributed by atoms with Crippen LogP contribution >= 0.6 is 0 Å². The standard InChI is InChI=1S/C15H20F6N2O2S/c1-13(2,9-23(3)4)8-22-26(24,25)12-6-10(14(16,17)18)5-11(7-12)15(19,20)21/h5-7,22H,8-9H2,1-4H3. The van der Waals surface area contributed by atoms with E-state index in [2.05, 4.69) is 4.72 Å². The first kappa shape index (κ1) is 22.7. The molecule has 0 fully saturated rings. The topological polar surface area (TPSA) is 49.4 Å². The van der Waals surface area contributed by atoms with Crippen molar-refractivity contribution in [1.82, 2.24) is 9.62 Å². The zero-order chi connectivity index (χ0) is 20.6. The number of hydrogen-bond donors (Lipinski definition) is 1. The second kappa shape index (κ2) is 7.35. The number of halogens is 6. The average molecular weight is 406 g/mol. The van der Waals surface area contributed by atoms with Crippen molar-refractivity contribution in [3.63, 3.8) is 0 Å². The molecule has 0 atom stereocenters. The van der Waals surface area contributed by atoms with Gasteiger partial charge >= 0.3 is 12.4 Å². The van der Waals surface area contributed by atoms with Crippen LogP contribution in [0.4, 0.5) is 26.3 Å². The van der Waals surface area contributed by atoms with Crippen LogP contribution in [0.2, 0.25) is 0 Å². The molecule has 0 amide bonds. The molecule has 26 heavy (non-hydrogen) atoms. The quantitative estimate of drug-likeness (QED) is 0.735. The van der Waals surface area contributed by atoms with E-state index in [-0.39, 0.29) is 24.7 Å². The van der Waals surface area contributed by atoms with Crippen LogP contribution in [0.25, 0.3) is 0 Å². The van der Waals surface area contributed by atoms with Gasteiger partial charge in [-0.3, -0.25) is 0 Å². The highest BCUT2D eigenvalue weighted by atomic mass is 32.2. The van der Waals surface area contributed by atoms with Crippen LogP contribution in [-0.2, 0) is 22.4 Å². The smallest absolute Gasteiger partial charge is 0.309 e. The van der Waals surface area contributed by atoms with Crippen molar-refractivity contribution in [3.05, 3.63) is 29.3 Å². The van der Waals surface area contributed by atoms with E-state index in [0.717, 1.165) is 0 Å². The van der Waals surface area contributed by atoms with Gasteiger partial charge in [-0.05, 0) is 37.7 Å². The third-order valence-electron chi connectivity index (χ3n) is 3.36. The first-order valence-electron chi connectivity index (χ1n) is 7.38. The summed E-state index contributed by atoms with van der Waals surface area (Å²) in [6.07, 6.45) is -10.2. The van der Waals surface area contributed by atoms with Gasteiger partial charge < -0.3 is 4.90 Å². The minimum atomic E-state index is -5.12. The molecule has 1 aromatic carbocycles. The molecular weight excluding hydrogens is 386 g/mol. The lowest BCUT2D eigenvalue weighted by Gasteiger charge is -2.28. The lowest BCUT2D eigenvalue weighted by atomic mass is 9.93. The number of nitrogens with one attached hydrogen (secondary N) is 1. The van der Waals surface area contributed by atoms with Crippen LogP contribution < -0.4 is 4.72 Å². The molecule has 150 valence electrons. The summed E-state index contributed by atoms with van der Waals surface area (Å²) in [7, 11) is -1.07. The number of benzene rings is 1. The Morgan fingerprint density at radius 3 is 1.69 bits per heavy atom. The normalized spacial score (nSPS) is 14.1. The Bertz CT molecular complexity index is 707. The van der Waals surface area contributed by atoms with Gasteiger partial charge in [0.15, 0.2) is 0 Å². The van der Waals surface area contributed by atoms with Gasteiger partial charge in [0.05, 0.1) is 16.0 Å². The number of nitrogens with zero attached hydrogens (tertiary/aromatic N) is 1. The van der Waals surface area contributed by atoms with Gasteiger partial charge in [0.25, 0.3) is 0 Å². The van der Waals surface area contributed by atoms with Crippen molar-refractivity contribution in [2.75, 3.05) is 27.2 Å². The maximum Gasteiger partial charge on any atom is 0.416 e. The molecule has 0 aromatic heterocycles. The number of rotatable bonds is 6. The van der Waals surface area contributed by atoms with Gasteiger partial charge in [-0.2, -0.15) is 26.3 Å². The van der Waals surface area contributed by atoms with E-state index >= 15 is 0 Å². The molecule has 0 radical (unpaired) electrons. The average Bonchev–Trinajstić information content (AvgIpc) is 2.42. The molecule has 0 aliphatic heterocycles. The summed E-state index contributed by atoms with van der Waals surface area (Å²) in [5.41, 5.74) is -3.95. The third-order valence-corrected chi connectivity index (χ3v) is 4.74. The predicted octanol–water partition coefficient (Wildman–Crippen LogP) is 3.59. The highest BCUT2D eigenvalue weighted by molar-refractivity contribution is 7.89. The maximum atomic E-state index is 12.9. The third kappa shape index (κ3) is 6.44. The van der Waals surface area contributed by atoms with Crippen molar-refractivity contribution in [2.45, 2.75) is 31.1 Å². The van der Waals surface area contributed by atoms with Crippen molar-refractivity contribution in [3.8, 4) is 0 Å². The largest absolute Gasteiger partial charge is 0.416 e. The molecule has 0 saturated carbocycles.